The molecule has 0 aromatic carbocycles. The molecule has 0 radical (unpaired) electrons. The van der Waals surface area contributed by atoms with Gasteiger partial charge in [0.05, 0.1) is 5.92 Å². The summed E-state index contributed by atoms with van der Waals surface area (Å²) < 4.78 is 0. The lowest BCUT2D eigenvalue weighted by molar-refractivity contribution is -0.141. The van der Waals surface area contributed by atoms with Gasteiger partial charge in [0.25, 0.3) is 0 Å². The van der Waals surface area contributed by atoms with Gasteiger partial charge in [0.2, 0.25) is 0 Å². The first-order valence-electron chi connectivity index (χ1n) is 12.3. The highest BCUT2D eigenvalue weighted by Crippen LogP contribution is 2.66. The molecular formula is C27H40O3. The molecule has 0 bridgehead atoms. The second kappa shape index (κ2) is 7.95. The number of hydrogen-bond acceptors (Lipinski definition) is 2. The van der Waals surface area contributed by atoms with Crippen LogP contribution in [0.2, 0.25) is 0 Å². The van der Waals surface area contributed by atoms with Crippen molar-refractivity contribution in [3.63, 3.8) is 0 Å². The molecule has 3 heteroatoms. The van der Waals surface area contributed by atoms with E-state index in [2.05, 4.69) is 26.8 Å². The third-order valence-corrected chi connectivity index (χ3v) is 9.88. The van der Waals surface area contributed by atoms with Gasteiger partial charge in [-0.3, -0.25) is 9.59 Å². The van der Waals surface area contributed by atoms with Crippen LogP contribution in [0.15, 0.2) is 23.3 Å². The van der Waals surface area contributed by atoms with Gasteiger partial charge in [-0.2, -0.15) is 0 Å². The van der Waals surface area contributed by atoms with Gasteiger partial charge < -0.3 is 5.11 Å². The fourth-order valence-electron chi connectivity index (χ4n) is 7.90. The Kier molecular flexibility index (Phi) is 5.79. The Labute approximate surface area is 182 Å². The molecular weight excluding hydrogens is 372 g/mol. The molecule has 0 saturated heterocycles. The van der Waals surface area contributed by atoms with Gasteiger partial charge in [-0.15, -0.1) is 0 Å². The molecule has 4 rings (SSSR count). The number of hydrogen-bond donors (Lipinski definition) is 1. The van der Waals surface area contributed by atoms with Crippen molar-refractivity contribution in [2.75, 3.05) is 0 Å². The van der Waals surface area contributed by atoms with Crippen LogP contribution in [0, 0.1) is 40.4 Å². The largest absolute Gasteiger partial charge is 0.481 e. The van der Waals surface area contributed by atoms with E-state index in [4.69, 9.17) is 5.11 Å². The maximum Gasteiger partial charge on any atom is 0.306 e. The molecule has 3 nitrogen and oxygen atoms in total. The summed E-state index contributed by atoms with van der Waals surface area (Å²) in [6.07, 6.45) is 15.4. The molecule has 0 spiro atoms. The van der Waals surface area contributed by atoms with Crippen molar-refractivity contribution in [2.24, 2.45) is 40.4 Å². The van der Waals surface area contributed by atoms with E-state index in [1.807, 2.05) is 13.0 Å². The minimum Gasteiger partial charge on any atom is -0.481 e. The first-order chi connectivity index (χ1) is 14.2. The lowest BCUT2D eigenvalue weighted by Crippen LogP contribution is -2.46. The third-order valence-electron chi connectivity index (χ3n) is 9.88. The molecule has 0 aromatic rings. The van der Waals surface area contributed by atoms with Crippen molar-refractivity contribution in [3.05, 3.63) is 23.3 Å². The van der Waals surface area contributed by atoms with E-state index < -0.39 is 5.97 Å². The van der Waals surface area contributed by atoms with E-state index in [1.54, 1.807) is 5.57 Å². The topological polar surface area (TPSA) is 54.4 Å². The summed E-state index contributed by atoms with van der Waals surface area (Å²) in [6, 6.07) is 0. The molecule has 2 saturated carbocycles. The van der Waals surface area contributed by atoms with E-state index in [0.29, 0.717) is 29.0 Å². The molecule has 1 N–H and O–H groups in total. The molecule has 0 heterocycles. The van der Waals surface area contributed by atoms with Crippen molar-refractivity contribution in [2.45, 2.75) is 91.9 Å². The standard InChI is InChI=1S/C27H40O3/c1-17(6-5-7-18(2)25(29)30)22-10-11-23-21-9-8-19-16-20(28)12-14-26(19,3)24(21)13-15-27(22,23)4/h9,16-18,22-24H,5-8,10-15H2,1-4H3,(H,29,30)/t17?,18-,22+,23?,24?,26-,27+/m0/s1. The van der Waals surface area contributed by atoms with Crippen LogP contribution >= 0.6 is 0 Å². The Morgan fingerprint density at radius 1 is 1.13 bits per heavy atom. The molecule has 0 aliphatic heterocycles. The molecule has 4 aliphatic rings. The zero-order valence-electron chi connectivity index (χ0n) is 19.4. The Morgan fingerprint density at radius 2 is 1.90 bits per heavy atom. The number of rotatable bonds is 6. The average molecular weight is 413 g/mol. The van der Waals surface area contributed by atoms with Crippen LogP contribution in [0.25, 0.3) is 0 Å². The van der Waals surface area contributed by atoms with Crippen molar-refractivity contribution >= 4 is 11.8 Å². The Morgan fingerprint density at radius 3 is 2.63 bits per heavy atom. The minimum atomic E-state index is -0.663. The van der Waals surface area contributed by atoms with Gasteiger partial charge in [-0.25, -0.2) is 0 Å². The van der Waals surface area contributed by atoms with Gasteiger partial charge in [0, 0.05) is 6.42 Å². The lowest BCUT2D eigenvalue weighted by atomic mass is 9.50. The highest BCUT2D eigenvalue weighted by atomic mass is 16.4. The smallest absolute Gasteiger partial charge is 0.306 e. The number of carbonyl (C=O) groups is 2. The number of carboxylic acids is 1. The van der Waals surface area contributed by atoms with Gasteiger partial charge in [0.1, 0.15) is 0 Å². The molecule has 4 aliphatic carbocycles. The Balaban J connectivity index is 1.48. The molecule has 0 amide bonds. The van der Waals surface area contributed by atoms with Crippen molar-refractivity contribution in [1.82, 2.24) is 0 Å². The third kappa shape index (κ3) is 3.50. The van der Waals surface area contributed by atoms with Gasteiger partial charge in [0.15, 0.2) is 5.78 Å². The number of allylic oxidation sites excluding steroid dienone is 4. The van der Waals surface area contributed by atoms with E-state index >= 15 is 0 Å². The first kappa shape index (κ1) is 21.8. The van der Waals surface area contributed by atoms with E-state index in [1.165, 1.54) is 31.3 Å². The van der Waals surface area contributed by atoms with E-state index in [0.717, 1.165) is 44.4 Å². The molecule has 30 heavy (non-hydrogen) atoms. The van der Waals surface area contributed by atoms with Crippen molar-refractivity contribution in [3.8, 4) is 0 Å². The van der Waals surface area contributed by atoms with E-state index in [-0.39, 0.29) is 11.3 Å². The van der Waals surface area contributed by atoms with Crippen molar-refractivity contribution < 1.29 is 14.7 Å². The average Bonchev–Trinajstić information content (AvgIpc) is 3.05. The summed E-state index contributed by atoms with van der Waals surface area (Å²) in [4.78, 5) is 23.1. The monoisotopic (exact) mass is 412 g/mol. The fraction of sp³-hybridized carbons (Fsp3) is 0.778. The number of fused-ring (bicyclic) bond motifs is 5. The highest BCUT2D eigenvalue weighted by molar-refractivity contribution is 5.91. The predicted octanol–water partition coefficient (Wildman–Crippen LogP) is 6.58. The molecule has 3 unspecified atom stereocenters. The maximum absolute atomic E-state index is 12.0. The second-order valence-corrected chi connectivity index (χ2v) is 11.4. The van der Waals surface area contributed by atoms with E-state index in [9.17, 15) is 9.59 Å². The van der Waals surface area contributed by atoms with Crippen LogP contribution in [0.3, 0.4) is 0 Å². The Bertz CT molecular complexity index is 777. The maximum atomic E-state index is 12.0. The molecule has 0 aromatic heterocycles. The van der Waals surface area contributed by atoms with Crippen molar-refractivity contribution in [1.29, 1.82) is 0 Å². The normalized spacial score (nSPS) is 39.9. The van der Waals surface area contributed by atoms with Gasteiger partial charge in [-0.05, 0) is 85.5 Å². The Hall–Kier alpha value is -1.38. The fourth-order valence-corrected chi connectivity index (χ4v) is 7.90. The summed E-state index contributed by atoms with van der Waals surface area (Å²) >= 11 is 0. The predicted molar refractivity (Wildman–Crippen MR) is 120 cm³/mol. The highest BCUT2D eigenvalue weighted by Gasteiger charge is 2.56. The minimum absolute atomic E-state index is 0.204. The number of carbonyl (C=O) groups excluding carboxylic acids is 1. The van der Waals surface area contributed by atoms with Crippen LogP contribution in [0.1, 0.15) is 91.9 Å². The SMILES string of the molecule is CC(CCC[C@H](C)C(=O)O)[C@H]1CCC2C3=CCC4=CC(=O)CC[C@]4(C)C3CC[C@@]21C. The van der Waals surface area contributed by atoms with Crippen LogP contribution in [0.4, 0.5) is 0 Å². The molecule has 166 valence electrons. The van der Waals surface area contributed by atoms with Gasteiger partial charge >= 0.3 is 5.97 Å². The molecule has 7 atom stereocenters. The lowest BCUT2D eigenvalue weighted by Gasteiger charge is -2.55. The zero-order valence-corrected chi connectivity index (χ0v) is 19.4. The summed E-state index contributed by atoms with van der Waals surface area (Å²) in [5, 5.41) is 9.15. The van der Waals surface area contributed by atoms with Gasteiger partial charge in [-0.1, -0.05) is 57.8 Å². The zero-order chi connectivity index (χ0) is 21.7. The summed E-state index contributed by atoms with van der Waals surface area (Å²) in [5.41, 5.74) is 3.72. The van der Waals surface area contributed by atoms with Crippen LogP contribution in [-0.4, -0.2) is 16.9 Å². The van der Waals surface area contributed by atoms with Crippen LogP contribution < -0.4 is 0 Å². The first-order valence-corrected chi connectivity index (χ1v) is 12.3. The number of aliphatic carboxylic acids is 1. The van der Waals surface area contributed by atoms with Crippen LogP contribution in [-0.2, 0) is 9.59 Å². The summed E-state index contributed by atoms with van der Waals surface area (Å²) in [7, 11) is 0. The number of ketones is 1. The summed E-state index contributed by atoms with van der Waals surface area (Å²) in [6.45, 7) is 9.24. The second-order valence-electron chi connectivity index (χ2n) is 11.4. The quantitative estimate of drug-likeness (QED) is 0.501. The number of carboxylic acid groups (broad SMARTS) is 1. The molecule has 2 fully saturated rings. The summed E-state index contributed by atoms with van der Waals surface area (Å²) in [5.74, 6) is 2.20. The van der Waals surface area contributed by atoms with Crippen LogP contribution in [0.5, 0.6) is 0 Å².